The lowest BCUT2D eigenvalue weighted by atomic mass is 9.81. The number of hydrogen-bond donors (Lipinski definition) is 0. The van der Waals surface area contributed by atoms with Crippen molar-refractivity contribution in [1.82, 2.24) is 4.98 Å². The highest BCUT2D eigenvalue weighted by atomic mass is 16.1. The minimum Gasteiger partial charge on any atom is -0.350 e. The summed E-state index contributed by atoms with van der Waals surface area (Å²) in [5, 5.41) is 1.11. The Bertz CT molecular complexity index is 1260. The number of pyridine rings is 1. The normalized spacial score (nSPS) is 15.6. The molecular formula is C27H22N2O. The van der Waals surface area contributed by atoms with Gasteiger partial charge in [-0.2, -0.15) is 0 Å². The van der Waals surface area contributed by atoms with E-state index >= 15 is 0 Å². The van der Waals surface area contributed by atoms with Crippen molar-refractivity contribution in [3.63, 3.8) is 0 Å². The fourth-order valence-electron chi connectivity index (χ4n) is 4.26. The molecule has 146 valence electrons. The van der Waals surface area contributed by atoms with Crippen molar-refractivity contribution in [2.24, 2.45) is 0 Å². The van der Waals surface area contributed by atoms with Crippen LogP contribution in [0.25, 0.3) is 16.5 Å². The lowest BCUT2D eigenvalue weighted by molar-refractivity contribution is 0.0979. The van der Waals surface area contributed by atoms with Gasteiger partial charge < -0.3 is 4.90 Å². The lowest BCUT2D eigenvalue weighted by Gasteiger charge is -2.32. The molecular weight excluding hydrogens is 368 g/mol. The zero-order valence-electron chi connectivity index (χ0n) is 16.8. The van der Waals surface area contributed by atoms with Crippen LogP contribution in [0.4, 0.5) is 5.69 Å². The molecule has 0 fully saturated rings. The number of carbonyl (C=O) groups is 1. The number of nitrogens with zero attached hydrogens (tertiary/aromatic N) is 2. The van der Waals surface area contributed by atoms with Crippen molar-refractivity contribution in [2.75, 3.05) is 11.9 Å². The molecule has 1 unspecified atom stereocenters. The first-order valence-corrected chi connectivity index (χ1v) is 10.2. The van der Waals surface area contributed by atoms with Crippen LogP contribution in [0.3, 0.4) is 0 Å². The summed E-state index contributed by atoms with van der Waals surface area (Å²) in [5.41, 5.74) is 6.00. The van der Waals surface area contributed by atoms with Crippen LogP contribution in [0.2, 0.25) is 0 Å². The van der Waals surface area contributed by atoms with Crippen molar-refractivity contribution in [3.05, 3.63) is 114 Å². The Balaban J connectivity index is 1.60. The second-order valence-corrected chi connectivity index (χ2v) is 7.69. The Hall–Kier alpha value is -3.72. The van der Waals surface area contributed by atoms with E-state index < -0.39 is 0 Å². The number of anilines is 1. The number of rotatable bonds is 4. The van der Waals surface area contributed by atoms with Gasteiger partial charge in [-0.3, -0.25) is 4.79 Å². The van der Waals surface area contributed by atoms with Crippen molar-refractivity contribution in [1.29, 1.82) is 0 Å². The molecule has 2 heterocycles. The molecule has 1 aliphatic rings. The summed E-state index contributed by atoms with van der Waals surface area (Å²) in [6, 6.07) is 30.2. The first kappa shape index (κ1) is 18.3. The summed E-state index contributed by atoms with van der Waals surface area (Å²) in [7, 11) is 2.05. The predicted octanol–water partition coefficient (Wildman–Crippen LogP) is 6.08. The summed E-state index contributed by atoms with van der Waals surface area (Å²) in [6.45, 7) is 0. The van der Waals surface area contributed by atoms with Crippen LogP contribution in [0.5, 0.6) is 0 Å². The first-order valence-electron chi connectivity index (χ1n) is 10.2. The van der Waals surface area contributed by atoms with Gasteiger partial charge in [0.2, 0.25) is 0 Å². The molecule has 0 bridgehead atoms. The molecule has 1 aliphatic heterocycles. The highest BCUT2D eigenvalue weighted by Gasteiger charge is 2.29. The smallest absolute Gasteiger partial charge is 0.163 e. The maximum atomic E-state index is 13.1. The van der Waals surface area contributed by atoms with Crippen molar-refractivity contribution in [2.45, 2.75) is 12.3 Å². The zero-order valence-corrected chi connectivity index (χ0v) is 16.8. The van der Waals surface area contributed by atoms with Gasteiger partial charge in [-0.05, 0) is 23.8 Å². The molecule has 0 N–H and O–H groups in total. The van der Waals surface area contributed by atoms with Gasteiger partial charge in [0.25, 0.3) is 0 Å². The SMILES string of the molecule is CN1C=C(c2ccc3ccccc3n2)C(CC(=O)c2ccccc2)c2ccccc21. The van der Waals surface area contributed by atoms with Crippen molar-refractivity contribution in [3.8, 4) is 0 Å². The van der Waals surface area contributed by atoms with Crippen molar-refractivity contribution < 1.29 is 4.79 Å². The standard InChI is InChI=1S/C27H22N2O/c1-29-18-23(25-16-15-19-9-5-7-13-24(19)28-25)22(21-12-6-8-14-26(21)29)17-27(30)20-10-3-2-4-11-20/h2-16,18,22H,17H2,1H3. The summed E-state index contributed by atoms with van der Waals surface area (Å²) in [5.74, 6) is 0.102. The highest BCUT2D eigenvalue weighted by molar-refractivity contribution is 5.98. The molecule has 0 saturated carbocycles. The quantitative estimate of drug-likeness (QED) is 0.396. The fraction of sp³-hybridized carbons (Fsp3) is 0.111. The van der Waals surface area contributed by atoms with Gasteiger partial charge in [-0.25, -0.2) is 4.98 Å². The van der Waals surface area contributed by atoms with Crippen LogP contribution in [0.1, 0.15) is 34.0 Å². The van der Waals surface area contributed by atoms with Crippen LogP contribution in [-0.4, -0.2) is 17.8 Å². The molecule has 0 radical (unpaired) electrons. The highest BCUT2D eigenvalue weighted by Crippen LogP contribution is 2.43. The third-order valence-corrected chi connectivity index (χ3v) is 5.78. The van der Waals surface area contributed by atoms with E-state index in [9.17, 15) is 4.79 Å². The molecule has 1 atom stereocenters. The minimum absolute atomic E-state index is 0.0428. The minimum atomic E-state index is -0.0428. The fourth-order valence-corrected chi connectivity index (χ4v) is 4.26. The number of fused-ring (bicyclic) bond motifs is 2. The molecule has 5 rings (SSSR count). The maximum absolute atomic E-state index is 13.1. The second kappa shape index (κ2) is 7.60. The van der Waals surface area contributed by atoms with E-state index in [1.165, 1.54) is 0 Å². The summed E-state index contributed by atoms with van der Waals surface area (Å²) >= 11 is 0. The molecule has 3 aromatic carbocycles. The van der Waals surface area contributed by atoms with Crippen LogP contribution in [-0.2, 0) is 0 Å². The molecule has 30 heavy (non-hydrogen) atoms. The number of para-hydroxylation sites is 2. The van der Waals surface area contributed by atoms with E-state index in [-0.39, 0.29) is 11.7 Å². The Morgan fingerprint density at radius 3 is 2.47 bits per heavy atom. The van der Waals surface area contributed by atoms with Crippen LogP contribution < -0.4 is 4.90 Å². The molecule has 0 aliphatic carbocycles. The number of hydrogen-bond acceptors (Lipinski definition) is 3. The van der Waals surface area contributed by atoms with E-state index in [0.717, 1.165) is 39.0 Å². The number of allylic oxidation sites excluding steroid dienone is 1. The number of carbonyl (C=O) groups excluding carboxylic acids is 1. The molecule has 3 nitrogen and oxygen atoms in total. The van der Waals surface area contributed by atoms with Crippen LogP contribution >= 0.6 is 0 Å². The van der Waals surface area contributed by atoms with E-state index in [1.807, 2.05) is 60.7 Å². The van der Waals surface area contributed by atoms with Gasteiger partial charge in [0.05, 0.1) is 11.2 Å². The average Bonchev–Trinajstić information content (AvgIpc) is 2.81. The zero-order chi connectivity index (χ0) is 20.5. The number of aromatic nitrogens is 1. The monoisotopic (exact) mass is 390 g/mol. The number of benzene rings is 3. The maximum Gasteiger partial charge on any atom is 0.163 e. The Kier molecular flexibility index (Phi) is 4.64. The largest absolute Gasteiger partial charge is 0.350 e. The van der Waals surface area contributed by atoms with Gasteiger partial charge in [-0.1, -0.05) is 72.8 Å². The van der Waals surface area contributed by atoms with Gasteiger partial charge >= 0.3 is 0 Å². The average molecular weight is 390 g/mol. The van der Waals surface area contributed by atoms with E-state index in [1.54, 1.807) is 0 Å². The number of ketones is 1. The van der Waals surface area contributed by atoms with Crippen LogP contribution in [0.15, 0.2) is 97.2 Å². The summed E-state index contributed by atoms with van der Waals surface area (Å²) in [6.07, 6.45) is 2.54. The van der Waals surface area contributed by atoms with Gasteiger partial charge in [-0.15, -0.1) is 0 Å². The van der Waals surface area contributed by atoms with E-state index in [4.69, 9.17) is 4.98 Å². The predicted molar refractivity (Wildman–Crippen MR) is 123 cm³/mol. The van der Waals surface area contributed by atoms with Gasteiger partial charge in [0.1, 0.15) is 0 Å². The summed E-state index contributed by atoms with van der Waals surface area (Å²) in [4.78, 5) is 20.2. The topological polar surface area (TPSA) is 33.2 Å². The lowest BCUT2D eigenvalue weighted by Crippen LogP contribution is -2.22. The second-order valence-electron chi connectivity index (χ2n) is 7.69. The van der Waals surface area contributed by atoms with Gasteiger partial charge in [0.15, 0.2) is 5.78 Å². The Labute approximate surface area is 176 Å². The molecule has 1 aromatic heterocycles. The van der Waals surface area contributed by atoms with E-state index in [0.29, 0.717) is 6.42 Å². The molecule has 4 aromatic rings. The van der Waals surface area contributed by atoms with Gasteiger partial charge in [0, 0.05) is 47.8 Å². The third kappa shape index (κ3) is 3.29. The first-order chi connectivity index (χ1) is 14.7. The van der Waals surface area contributed by atoms with Crippen LogP contribution in [0, 0.1) is 0 Å². The molecule has 0 saturated heterocycles. The van der Waals surface area contributed by atoms with Crippen molar-refractivity contribution >= 4 is 27.9 Å². The Morgan fingerprint density at radius 2 is 1.60 bits per heavy atom. The third-order valence-electron chi connectivity index (χ3n) is 5.78. The van der Waals surface area contributed by atoms with E-state index in [2.05, 4.69) is 48.5 Å². The molecule has 3 heteroatoms. The molecule has 0 amide bonds. The Morgan fingerprint density at radius 1 is 0.867 bits per heavy atom. The molecule has 0 spiro atoms. The summed E-state index contributed by atoms with van der Waals surface area (Å²) < 4.78 is 0. The number of Topliss-reactive ketones (excluding diaryl/α,β-unsaturated/α-hetero) is 1.